The van der Waals surface area contributed by atoms with Gasteiger partial charge >= 0.3 is 0 Å². The Balaban J connectivity index is 2.27. The van der Waals surface area contributed by atoms with Gasteiger partial charge in [-0.15, -0.1) is 0 Å². The van der Waals surface area contributed by atoms with E-state index in [1.807, 2.05) is 0 Å². The van der Waals surface area contributed by atoms with E-state index in [1.54, 1.807) is 0 Å². The second kappa shape index (κ2) is 2.72. The van der Waals surface area contributed by atoms with Gasteiger partial charge in [-0.25, -0.2) is 0 Å². The van der Waals surface area contributed by atoms with Crippen LogP contribution in [0.3, 0.4) is 0 Å². The van der Waals surface area contributed by atoms with Crippen LogP contribution in [0.15, 0.2) is 12.2 Å². The predicted octanol–water partition coefficient (Wildman–Crippen LogP) is 2.86. The largest absolute Gasteiger partial charge is 0.299 e. The minimum absolute atomic E-state index is 0.0434. The number of Topliss-reactive ketones (excluding diaryl/α,β-unsaturated/α-hetero) is 1. The fraction of sp³-hybridized carbons (Fsp3) is 0.727. The van der Waals surface area contributed by atoms with Crippen molar-refractivity contribution in [3.63, 3.8) is 0 Å². The molecule has 2 rings (SSSR count). The van der Waals surface area contributed by atoms with Crippen LogP contribution in [0.2, 0.25) is 0 Å². The van der Waals surface area contributed by atoms with Crippen LogP contribution in [0.25, 0.3) is 0 Å². The van der Waals surface area contributed by atoms with E-state index in [0.717, 1.165) is 32.1 Å². The molecule has 0 N–H and O–H groups in total. The zero-order chi connectivity index (χ0) is 8.60. The Kier molecular flexibility index (Phi) is 1.82. The maximum Gasteiger partial charge on any atom is 0.143 e. The van der Waals surface area contributed by atoms with Crippen molar-refractivity contribution in [3.8, 4) is 0 Å². The first-order valence-electron chi connectivity index (χ1n) is 4.97. The Hall–Kier alpha value is -0.590. The van der Waals surface area contributed by atoms with E-state index < -0.39 is 0 Å². The van der Waals surface area contributed by atoms with Crippen molar-refractivity contribution in [3.05, 3.63) is 12.2 Å². The molecule has 0 bridgehead atoms. The average Bonchev–Trinajstić information content (AvgIpc) is 2.41. The molecule has 0 aromatic heterocycles. The minimum Gasteiger partial charge on any atom is -0.299 e. The van der Waals surface area contributed by atoms with Gasteiger partial charge < -0.3 is 0 Å². The summed E-state index contributed by atoms with van der Waals surface area (Å²) in [5, 5.41) is 0. The molecule has 0 amide bonds. The maximum absolute atomic E-state index is 11.8. The molecule has 0 aliphatic heterocycles. The molecule has 0 aromatic carbocycles. The summed E-state index contributed by atoms with van der Waals surface area (Å²) in [7, 11) is 0. The molecule has 66 valence electrons. The second-order valence-electron chi connectivity index (χ2n) is 4.17. The van der Waals surface area contributed by atoms with E-state index in [1.165, 1.54) is 18.4 Å². The molecule has 0 aromatic rings. The maximum atomic E-state index is 11.8. The minimum atomic E-state index is -0.0434. The highest BCUT2D eigenvalue weighted by Gasteiger charge is 2.44. The SMILES string of the molecule is C=C1CCCC12CCCCC2=O. The van der Waals surface area contributed by atoms with Gasteiger partial charge in [0.05, 0.1) is 0 Å². The summed E-state index contributed by atoms with van der Waals surface area (Å²) in [5.74, 6) is 0.483. The number of carbonyl (C=O) groups excluding carboxylic acids is 1. The molecule has 1 nitrogen and oxygen atoms in total. The third-order valence-corrected chi connectivity index (χ3v) is 3.55. The van der Waals surface area contributed by atoms with Crippen LogP contribution >= 0.6 is 0 Å². The second-order valence-corrected chi connectivity index (χ2v) is 4.17. The van der Waals surface area contributed by atoms with Crippen molar-refractivity contribution in [1.29, 1.82) is 0 Å². The zero-order valence-corrected chi connectivity index (χ0v) is 7.57. The summed E-state index contributed by atoms with van der Waals surface area (Å²) < 4.78 is 0. The summed E-state index contributed by atoms with van der Waals surface area (Å²) in [6, 6.07) is 0. The van der Waals surface area contributed by atoms with Crippen LogP contribution in [-0.2, 0) is 4.79 Å². The van der Waals surface area contributed by atoms with Gasteiger partial charge in [-0.2, -0.15) is 0 Å². The number of allylic oxidation sites excluding steroid dienone is 1. The van der Waals surface area contributed by atoms with Crippen molar-refractivity contribution in [2.75, 3.05) is 0 Å². The van der Waals surface area contributed by atoms with Gasteiger partial charge in [0.1, 0.15) is 5.78 Å². The lowest BCUT2D eigenvalue weighted by Gasteiger charge is -2.32. The normalized spacial score (nSPS) is 36.3. The Morgan fingerprint density at radius 1 is 1.08 bits per heavy atom. The average molecular weight is 164 g/mol. The molecule has 12 heavy (non-hydrogen) atoms. The van der Waals surface area contributed by atoms with E-state index in [-0.39, 0.29) is 5.41 Å². The standard InChI is InChI=1S/C11H16O/c1-9-5-4-8-11(9)7-3-2-6-10(11)12/h1-8H2. The highest BCUT2D eigenvalue weighted by atomic mass is 16.1. The molecule has 1 spiro atoms. The van der Waals surface area contributed by atoms with E-state index in [9.17, 15) is 4.79 Å². The van der Waals surface area contributed by atoms with Crippen molar-refractivity contribution >= 4 is 5.78 Å². The molecule has 0 radical (unpaired) electrons. The van der Waals surface area contributed by atoms with Crippen LogP contribution in [-0.4, -0.2) is 5.78 Å². The zero-order valence-electron chi connectivity index (χ0n) is 7.57. The van der Waals surface area contributed by atoms with Crippen molar-refractivity contribution < 1.29 is 4.79 Å². The van der Waals surface area contributed by atoms with E-state index in [0.29, 0.717) is 5.78 Å². The van der Waals surface area contributed by atoms with Crippen molar-refractivity contribution in [2.45, 2.75) is 44.9 Å². The van der Waals surface area contributed by atoms with Gasteiger partial charge in [0, 0.05) is 11.8 Å². The first-order valence-corrected chi connectivity index (χ1v) is 4.97. The van der Waals surface area contributed by atoms with E-state index >= 15 is 0 Å². The van der Waals surface area contributed by atoms with Crippen molar-refractivity contribution in [1.82, 2.24) is 0 Å². The lowest BCUT2D eigenvalue weighted by molar-refractivity contribution is -0.128. The molecule has 0 saturated heterocycles. The summed E-state index contributed by atoms with van der Waals surface area (Å²) in [5.41, 5.74) is 1.19. The monoisotopic (exact) mass is 164 g/mol. The van der Waals surface area contributed by atoms with Gasteiger partial charge in [0.15, 0.2) is 0 Å². The lowest BCUT2D eigenvalue weighted by atomic mass is 9.70. The Bertz CT molecular complexity index is 229. The Morgan fingerprint density at radius 3 is 2.42 bits per heavy atom. The van der Waals surface area contributed by atoms with Crippen LogP contribution in [0.5, 0.6) is 0 Å². The highest BCUT2D eigenvalue weighted by molar-refractivity contribution is 5.88. The van der Waals surface area contributed by atoms with Crippen LogP contribution < -0.4 is 0 Å². The predicted molar refractivity (Wildman–Crippen MR) is 48.9 cm³/mol. The first-order chi connectivity index (χ1) is 5.76. The van der Waals surface area contributed by atoms with E-state index in [2.05, 4.69) is 6.58 Å². The number of carbonyl (C=O) groups is 1. The fourth-order valence-corrected chi connectivity index (χ4v) is 2.75. The van der Waals surface area contributed by atoms with Crippen molar-refractivity contribution in [2.24, 2.45) is 5.41 Å². The Morgan fingerprint density at radius 2 is 1.83 bits per heavy atom. The first kappa shape index (κ1) is 8.03. The molecule has 1 heteroatoms. The Labute approximate surface area is 73.8 Å². The van der Waals surface area contributed by atoms with Gasteiger partial charge in [-0.05, 0) is 32.1 Å². The summed E-state index contributed by atoms with van der Waals surface area (Å²) in [6.45, 7) is 4.06. The van der Waals surface area contributed by atoms with Gasteiger partial charge in [-0.3, -0.25) is 4.79 Å². The molecule has 1 unspecified atom stereocenters. The quantitative estimate of drug-likeness (QED) is 0.503. The smallest absolute Gasteiger partial charge is 0.143 e. The highest BCUT2D eigenvalue weighted by Crippen LogP contribution is 2.49. The summed E-state index contributed by atoms with van der Waals surface area (Å²) >= 11 is 0. The summed E-state index contributed by atoms with van der Waals surface area (Å²) in [4.78, 5) is 11.8. The molecule has 2 aliphatic rings. The third kappa shape index (κ3) is 0.954. The van der Waals surface area contributed by atoms with E-state index in [4.69, 9.17) is 0 Å². The van der Waals surface area contributed by atoms with Gasteiger partial charge in [0.25, 0.3) is 0 Å². The molecule has 0 heterocycles. The lowest BCUT2D eigenvalue weighted by Crippen LogP contribution is -2.32. The molecule has 2 aliphatic carbocycles. The molecular formula is C11H16O. The van der Waals surface area contributed by atoms with Gasteiger partial charge in [-0.1, -0.05) is 18.6 Å². The van der Waals surface area contributed by atoms with Gasteiger partial charge in [0.2, 0.25) is 0 Å². The topological polar surface area (TPSA) is 17.1 Å². The number of ketones is 1. The number of rotatable bonds is 0. The van der Waals surface area contributed by atoms with Crippen LogP contribution in [0, 0.1) is 5.41 Å². The fourth-order valence-electron chi connectivity index (χ4n) is 2.75. The van der Waals surface area contributed by atoms with Crippen LogP contribution in [0.4, 0.5) is 0 Å². The number of hydrogen-bond donors (Lipinski definition) is 0. The molecular weight excluding hydrogens is 148 g/mol. The molecule has 2 fully saturated rings. The third-order valence-electron chi connectivity index (χ3n) is 3.55. The summed E-state index contributed by atoms with van der Waals surface area (Å²) in [6.07, 6.45) is 7.59. The molecule has 2 saturated carbocycles. The number of hydrogen-bond acceptors (Lipinski definition) is 1. The molecule has 1 atom stereocenters. The van der Waals surface area contributed by atoms with Crippen LogP contribution in [0.1, 0.15) is 44.9 Å².